The van der Waals surface area contributed by atoms with E-state index in [9.17, 15) is 9.90 Å². The van der Waals surface area contributed by atoms with Gasteiger partial charge in [0.25, 0.3) is 0 Å². The number of aliphatic hydroxyl groups excluding tert-OH is 1. The van der Waals surface area contributed by atoms with Crippen molar-refractivity contribution in [2.45, 2.75) is 63.2 Å². The first-order chi connectivity index (χ1) is 9.20. The Hall–Kier alpha value is -0.650. The molecule has 2 fully saturated rings. The Kier molecular flexibility index (Phi) is 5.60. The van der Waals surface area contributed by atoms with Crippen LogP contribution in [-0.4, -0.2) is 59.0 Å². The Morgan fingerprint density at radius 2 is 1.89 bits per heavy atom. The molecule has 5 heteroatoms. The zero-order chi connectivity index (χ0) is 13.7. The Morgan fingerprint density at radius 3 is 2.47 bits per heavy atom. The predicted molar refractivity (Wildman–Crippen MR) is 71.1 cm³/mol. The van der Waals surface area contributed by atoms with Crippen LogP contribution in [0.25, 0.3) is 0 Å². The number of aliphatic carboxylic acids is 1. The zero-order valence-corrected chi connectivity index (χ0v) is 11.5. The lowest BCUT2D eigenvalue weighted by atomic mass is 9.94. The van der Waals surface area contributed by atoms with Gasteiger partial charge in [-0.2, -0.15) is 0 Å². The topological polar surface area (TPSA) is 70.0 Å². The summed E-state index contributed by atoms with van der Waals surface area (Å²) in [6.45, 7) is 1.59. The SMILES string of the molecule is O=C(O)C1CCC(CN(CCO)C2CCCCC2)O1. The molecule has 0 aromatic rings. The molecule has 0 radical (unpaired) electrons. The van der Waals surface area contributed by atoms with Crippen molar-refractivity contribution in [1.82, 2.24) is 4.90 Å². The molecule has 0 aromatic carbocycles. The summed E-state index contributed by atoms with van der Waals surface area (Å²) in [7, 11) is 0. The second-order valence-electron chi connectivity index (χ2n) is 5.67. The minimum absolute atomic E-state index is 0.00887. The van der Waals surface area contributed by atoms with Gasteiger partial charge in [0.1, 0.15) is 0 Å². The van der Waals surface area contributed by atoms with Gasteiger partial charge >= 0.3 is 5.97 Å². The third kappa shape index (κ3) is 4.16. The van der Waals surface area contributed by atoms with Crippen molar-refractivity contribution in [3.63, 3.8) is 0 Å². The normalized spacial score (nSPS) is 28.9. The maximum absolute atomic E-state index is 10.9. The van der Waals surface area contributed by atoms with Crippen molar-refractivity contribution in [3.8, 4) is 0 Å². The first-order valence-corrected chi connectivity index (χ1v) is 7.44. The van der Waals surface area contributed by atoms with Gasteiger partial charge in [-0.25, -0.2) is 4.79 Å². The van der Waals surface area contributed by atoms with Crippen LogP contribution in [-0.2, 0) is 9.53 Å². The smallest absolute Gasteiger partial charge is 0.332 e. The lowest BCUT2D eigenvalue weighted by Crippen LogP contribution is -2.43. The second-order valence-corrected chi connectivity index (χ2v) is 5.67. The van der Waals surface area contributed by atoms with Gasteiger partial charge in [-0.1, -0.05) is 19.3 Å². The van der Waals surface area contributed by atoms with Crippen LogP contribution in [0.1, 0.15) is 44.9 Å². The third-order valence-corrected chi connectivity index (χ3v) is 4.30. The van der Waals surface area contributed by atoms with Gasteiger partial charge in [0.15, 0.2) is 6.10 Å². The van der Waals surface area contributed by atoms with Gasteiger partial charge in [-0.05, 0) is 25.7 Å². The fraction of sp³-hybridized carbons (Fsp3) is 0.929. The Balaban J connectivity index is 1.84. The average Bonchev–Trinajstić information content (AvgIpc) is 2.88. The molecule has 0 bridgehead atoms. The van der Waals surface area contributed by atoms with Gasteiger partial charge in [0, 0.05) is 19.1 Å². The molecule has 2 atom stereocenters. The molecule has 19 heavy (non-hydrogen) atoms. The molecule has 1 heterocycles. The minimum Gasteiger partial charge on any atom is -0.479 e. The maximum Gasteiger partial charge on any atom is 0.332 e. The van der Waals surface area contributed by atoms with Crippen LogP contribution in [0.5, 0.6) is 0 Å². The van der Waals surface area contributed by atoms with E-state index in [-0.39, 0.29) is 12.7 Å². The number of carboxylic acids is 1. The summed E-state index contributed by atoms with van der Waals surface area (Å²) >= 11 is 0. The summed E-state index contributed by atoms with van der Waals surface area (Å²) in [5.41, 5.74) is 0. The van der Waals surface area contributed by atoms with Crippen molar-refractivity contribution in [1.29, 1.82) is 0 Å². The first-order valence-electron chi connectivity index (χ1n) is 7.44. The molecule has 0 aromatic heterocycles. The quantitative estimate of drug-likeness (QED) is 0.761. The van der Waals surface area contributed by atoms with E-state index in [0.717, 1.165) is 13.0 Å². The molecule has 1 saturated heterocycles. The van der Waals surface area contributed by atoms with E-state index in [0.29, 0.717) is 19.0 Å². The average molecular weight is 271 g/mol. The zero-order valence-electron chi connectivity index (χ0n) is 11.5. The third-order valence-electron chi connectivity index (χ3n) is 4.30. The molecule has 110 valence electrons. The van der Waals surface area contributed by atoms with Crippen LogP contribution in [0.2, 0.25) is 0 Å². The Labute approximate surface area is 114 Å². The van der Waals surface area contributed by atoms with Crippen molar-refractivity contribution in [3.05, 3.63) is 0 Å². The van der Waals surface area contributed by atoms with Crippen LogP contribution in [0.3, 0.4) is 0 Å². The van der Waals surface area contributed by atoms with Crippen molar-refractivity contribution in [2.75, 3.05) is 19.7 Å². The van der Waals surface area contributed by atoms with E-state index in [4.69, 9.17) is 9.84 Å². The number of hydrogen-bond donors (Lipinski definition) is 2. The maximum atomic E-state index is 10.9. The Bertz CT molecular complexity index is 291. The van der Waals surface area contributed by atoms with Crippen LogP contribution < -0.4 is 0 Å². The number of hydrogen-bond acceptors (Lipinski definition) is 4. The van der Waals surface area contributed by atoms with E-state index in [1.54, 1.807) is 0 Å². The Morgan fingerprint density at radius 1 is 1.16 bits per heavy atom. The lowest BCUT2D eigenvalue weighted by Gasteiger charge is -2.35. The molecule has 2 rings (SSSR count). The molecule has 1 saturated carbocycles. The van der Waals surface area contributed by atoms with E-state index in [1.807, 2.05) is 0 Å². The highest BCUT2D eigenvalue weighted by Gasteiger charge is 2.32. The molecule has 2 aliphatic rings. The number of carboxylic acid groups (broad SMARTS) is 1. The number of ether oxygens (including phenoxy) is 1. The van der Waals surface area contributed by atoms with Crippen molar-refractivity contribution >= 4 is 5.97 Å². The van der Waals surface area contributed by atoms with E-state index in [1.165, 1.54) is 32.1 Å². The second kappa shape index (κ2) is 7.22. The molecule has 1 aliphatic carbocycles. The summed E-state index contributed by atoms with van der Waals surface area (Å²) in [5, 5.41) is 18.1. The number of rotatable bonds is 6. The molecule has 2 N–H and O–H groups in total. The van der Waals surface area contributed by atoms with Crippen LogP contribution in [0.15, 0.2) is 0 Å². The van der Waals surface area contributed by atoms with Crippen molar-refractivity contribution in [2.24, 2.45) is 0 Å². The summed E-state index contributed by atoms with van der Waals surface area (Å²) in [5.74, 6) is -0.853. The van der Waals surface area contributed by atoms with Gasteiger partial charge in [-0.15, -0.1) is 0 Å². The monoisotopic (exact) mass is 271 g/mol. The number of carbonyl (C=O) groups is 1. The molecule has 0 spiro atoms. The highest BCUT2D eigenvalue weighted by molar-refractivity contribution is 5.72. The highest BCUT2D eigenvalue weighted by atomic mass is 16.5. The molecule has 2 unspecified atom stereocenters. The van der Waals surface area contributed by atoms with Gasteiger partial charge in [0.2, 0.25) is 0 Å². The predicted octanol–water partition coefficient (Wildman–Crippen LogP) is 1.25. The van der Waals surface area contributed by atoms with Gasteiger partial charge < -0.3 is 14.9 Å². The van der Waals surface area contributed by atoms with E-state index < -0.39 is 12.1 Å². The highest BCUT2D eigenvalue weighted by Crippen LogP contribution is 2.26. The molecular weight excluding hydrogens is 246 g/mol. The van der Waals surface area contributed by atoms with E-state index >= 15 is 0 Å². The summed E-state index contributed by atoms with van der Waals surface area (Å²) in [6.07, 6.45) is 7.01. The van der Waals surface area contributed by atoms with Gasteiger partial charge in [0.05, 0.1) is 12.7 Å². The van der Waals surface area contributed by atoms with Crippen molar-refractivity contribution < 1.29 is 19.7 Å². The summed E-state index contributed by atoms with van der Waals surface area (Å²) < 4.78 is 5.57. The standard InChI is InChI=1S/C14H25NO4/c16-9-8-15(11-4-2-1-3-5-11)10-12-6-7-13(19-12)14(17)18/h11-13,16H,1-10H2,(H,17,18). The molecule has 5 nitrogen and oxygen atoms in total. The lowest BCUT2D eigenvalue weighted by molar-refractivity contribution is -0.149. The molecular formula is C14H25NO4. The van der Waals surface area contributed by atoms with Crippen LogP contribution >= 0.6 is 0 Å². The summed E-state index contributed by atoms with van der Waals surface area (Å²) in [4.78, 5) is 13.2. The molecule has 1 aliphatic heterocycles. The van der Waals surface area contributed by atoms with Crippen LogP contribution in [0, 0.1) is 0 Å². The largest absolute Gasteiger partial charge is 0.479 e. The van der Waals surface area contributed by atoms with Gasteiger partial charge in [-0.3, -0.25) is 4.90 Å². The summed E-state index contributed by atoms with van der Waals surface area (Å²) in [6, 6.07) is 0.536. The van der Waals surface area contributed by atoms with E-state index in [2.05, 4.69) is 4.90 Å². The molecule has 0 amide bonds. The first kappa shape index (κ1) is 14.8. The number of aliphatic hydroxyl groups is 1. The fourth-order valence-electron chi connectivity index (χ4n) is 3.28. The van der Waals surface area contributed by atoms with Crippen LogP contribution in [0.4, 0.5) is 0 Å². The number of nitrogens with zero attached hydrogens (tertiary/aromatic N) is 1. The fourth-order valence-corrected chi connectivity index (χ4v) is 3.28. The minimum atomic E-state index is -0.853.